The Bertz CT molecular complexity index is 802. The highest BCUT2D eigenvalue weighted by molar-refractivity contribution is 9.10. The number of carbonyl (C=O) groups is 1. The zero-order valence-corrected chi connectivity index (χ0v) is 16.0. The predicted octanol–water partition coefficient (Wildman–Crippen LogP) is 4.68. The van der Waals surface area contributed by atoms with Crippen molar-refractivity contribution in [3.05, 3.63) is 51.5 Å². The van der Waals surface area contributed by atoms with Crippen molar-refractivity contribution < 1.29 is 19.4 Å². The highest BCUT2D eigenvalue weighted by Gasteiger charge is 2.13. The van der Waals surface area contributed by atoms with Crippen LogP contribution in [0.15, 0.2) is 39.8 Å². The van der Waals surface area contributed by atoms with Crippen LogP contribution >= 0.6 is 15.9 Å². The lowest BCUT2D eigenvalue weighted by molar-refractivity contribution is -0.139. The third kappa shape index (κ3) is 5.06. The van der Waals surface area contributed by atoms with Crippen LogP contribution in [-0.4, -0.2) is 30.5 Å². The van der Waals surface area contributed by atoms with Gasteiger partial charge in [-0.25, -0.2) is 4.79 Å². The summed E-state index contributed by atoms with van der Waals surface area (Å²) in [5.74, 6) is -0.205. The monoisotopic (exact) mass is 405 g/mol. The number of ether oxygens (including phenoxy) is 2. The molecule has 0 fully saturated rings. The maximum atomic E-state index is 10.7. The van der Waals surface area contributed by atoms with E-state index >= 15 is 0 Å². The van der Waals surface area contributed by atoms with Gasteiger partial charge in [-0.2, -0.15) is 0 Å². The maximum absolute atomic E-state index is 10.7. The summed E-state index contributed by atoms with van der Waals surface area (Å²) in [4.78, 5) is 15.3. The molecule has 0 saturated heterocycles. The van der Waals surface area contributed by atoms with Crippen LogP contribution in [-0.2, 0) is 4.79 Å². The van der Waals surface area contributed by atoms with Gasteiger partial charge >= 0.3 is 5.97 Å². The fourth-order valence-electron chi connectivity index (χ4n) is 2.22. The second kappa shape index (κ2) is 8.67. The minimum Gasteiger partial charge on any atom is -0.490 e. The van der Waals surface area contributed by atoms with Crippen LogP contribution in [0.2, 0.25) is 0 Å². The van der Waals surface area contributed by atoms with Crippen LogP contribution in [0.3, 0.4) is 0 Å². The van der Waals surface area contributed by atoms with E-state index in [1.807, 2.05) is 45.0 Å². The summed E-state index contributed by atoms with van der Waals surface area (Å²) < 4.78 is 11.5. The van der Waals surface area contributed by atoms with Crippen LogP contribution < -0.4 is 9.47 Å². The summed E-state index contributed by atoms with van der Waals surface area (Å²) in [6, 6.07) is 9.57. The molecule has 2 aromatic rings. The number of aliphatic imine (C=N–C) groups is 1. The van der Waals surface area contributed by atoms with Crippen molar-refractivity contribution in [2.24, 2.45) is 4.99 Å². The van der Waals surface area contributed by atoms with Crippen molar-refractivity contribution in [3.8, 4) is 11.5 Å². The number of carboxylic acids is 1. The summed E-state index contributed by atoms with van der Waals surface area (Å²) in [7, 11) is 0. The molecule has 0 aliphatic rings. The second-order valence-corrected chi connectivity index (χ2v) is 6.28. The number of rotatable bonds is 7. The van der Waals surface area contributed by atoms with E-state index in [2.05, 4.69) is 20.9 Å². The molecule has 132 valence electrons. The molecule has 0 saturated carbocycles. The number of aliphatic carboxylic acids is 1. The van der Waals surface area contributed by atoms with Gasteiger partial charge in [0, 0.05) is 6.21 Å². The molecule has 0 amide bonds. The highest BCUT2D eigenvalue weighted by atomic mass is 79.9. The van der Waals surface area contributed by atoms with E-state index in [-0.39, 0.29) is 0 Å². The summed E-state index contributed by atoms with van der Waals surface area (Å²) in [5.41, 5.74) is 4.03. The summed E-state index contributed by atoms with van der Waals surface area (Å²) in [5, 5.41) is 8.80. The van der Waals surface area contributed by atoms with E-state index in [9.17, 15) is 4.79 Å². The molecular formula is C19H20BrNO4. The SMILES string of the molecule is CCOc1cc(C=Nc2cccc(C)c2C)cc(Br)c1OCC(=O)O. The normalized spacial score (nSPS) is 10.9. The minimum absolute atomic E-state index is 0.369. The Hall–Kier alpha value is -2.34. The van der Waals surface area contributed by atoms with Gasteiger partial charge in [0.2, 0.25) is 0 Å². The topological polar surface area (TPSA) is 68.1 Å². The van der Waals surface area contributed by atoms with E-state index in [0.717, 1.165) is 16.8 Å². The molecule has 0 aliphatic heterocycles. The Morgan fingerprint density at radius 2 is 2.04 bits per heavy atom. The number of halogens is 1. The number of hydrogen-bond donors (Lipinski definition) is 1. The largest absolute Gasteiger partial charge is 0.490 e. The fourth-order valence-corrected chi connectivity index (χ4v) is 2.79. The number of hydrogen-bond acceptors (Lipinski definition) is 4. The Morgan fingerprint density at radius 1 is 1.28 bits per heavy atom. The molecule has 2 rings (SSSR count). The van der Waals surface area contributed by atoms with Crippen LogP contribution in [0, 0.1) is 13.8 Å². The Balaban J connectivity index is 2.33. The third-order valence-corrected chi connectivity index (χ3v) is 4.19. The average molecular weight is 406 g/mol. The first-order valence-corrected chi connectivity index (χ1v) is 8.63. The first-order chi connectivity index (χ1) is 11.9. The molecule has 0 atom stereocenters. The lowest BCUT2D eigenvalue weighted by Gasteiger charge is -2.13. The van der Waals surface area contributed by atoms with Crippen LogP contribution in [0.5, 0.6) is 11.5 Å². The number of benzene rings is 2. The molecule has 0 bridgehead atoms. The van der Waals surface area contributed by atoms with Crippen LogP contribution in [0.1, 0.15) is 23.6 Å². The fraction of sp³-hybridized carbons (Fsp3) is 0.263. The molecule has 2 aromatic carbocycles. The third-order valence-electron chi connectivity index (χ3n) is 3.60. The average Bonchev–Trinajstić information content (AvgIpc) is 2.55. The van der Waals surface area contributed by atoms with Crippen molar-refractivity contribution in [3.63, 3.8) is 0 Å². The van der Waals surface area contributed by atoms with Crippen LogP contribution in [0.4, 0.5) is 5.69 Å². The van der Waals surface area contributed by atoms with E-state index in [1.54, 1.807) is 12.3 Å². The van der Waals surface area contributed by atoms with Crippen molar-refractivity contribution in [1.29, 1.82) is 0 Å². The molecule has 0 spiro atoms. The van der Waals surface area contributed by atoms with E-state index < -0.39 is 12.6 Å². The summed E-state index contributed by atoms with van der Waals surface area (Å²) >= 11 is 3.41. The quantitative estimate of drug-likeness (QED) is 0.678. The minimum atomic E-state index is -1.05. The van der Waals surface area contributed by atoms with Gasteiger partial charge in [-0.15, -0.1) is 0 Å². The number of aryl methyl sites for hydroxylation is 1. The zero-order chi connectivity index (χ0) is 18.4. The van der Waals surface area contributed by atoms with Gasteiger partial charge in [0.05, 0.1) is 16.8 Å². The van der Waals surface area contributed by atoms with E-state index in [4.69, 9.17) is 14.6 Å². The van der Waals surface area contributed by atoms with Gasteiger partial charge in [-0.05, 0) is 71.6 Å². The molecule has 6 heteroatoms. The zero-order valence-electron chi connectivity index (χ0n) is 14.4. The smallest absolute Gasteiger partial charge is 0.341 e. The Kier molecular flexibility index (Phi) is 6.58. The van der Waals surface area contributed by atoms with E-state index in [1.165, 1.54) is 5.56 Å². The van der Waals surface area contributed by atoms with Gasteiger partial charge in [0.1, 0.15) is 0 Å². The molecular weight excluding hydrogens is 386 g/mol. The van der Waals surface area contributed by atoms with Gasteiger partial charge < -0.3 is 14.6 Å². The summed E-state index contributed by atoms with van der Waals surface area (Å²) in [6.45, 7) is 5.94. The highest BCUT2D eigenvalue weighted by Crippen LogP contribution is 2.36. The van der Waals surface area contributed by atoms with E-state index in [0.29, 0.717) is 22.6 Å². The Morgan fingerprint density at radius 3 is 2.72 bits per heavy atom. The maximum Gasteiger partial charge on any atom is 0.341 e. The number of nitrogens with zero attached hydrogens (tertiary/aromatic N) is 1. The van der Waals surface area contributed by atoms with Crippen LogP contribution in [0.25, 0.3) is 0 Å². The van der Waals surface area contributed by atoms with Gasteiger partial charge in [0.15, 0.2) is 18.1 Å². The van der Waals surface area contributed by atoms with Gasteiger partial charge in [-0.3, -0.25) is 4.99 Å². The Labute approximate surface area is 155 Å². The van der Waals surface area contributed by atoms with Crippen molar-refractivity contribution in [2.45, 2.75) is 20.8 Å². The summed E-state index contributed by atoms with van der Waals surface area (Å²) in [6.07, 6.45) is 1.75. The first-order valence-electron chi connectivity index (χ1n) is 7.83. The molecule has 5 nitrogen and oxygen atoms in total. The molecule has 0 aromatic heterocycles. The lowest BCUT2D eigenvalue weighted by atomic mass is 10.1. The van der Waals surface area contributed by atoms with Gasteiger partial charge in [0.25, 0.3) is 0 Å². The molecule has 0 aliphatic carbocycles. The molecule has 25 heavy (non-hydrogen) atoms. The predicted molar refractivity (Wildman–Crippen MR) is 102 cm³/mol. The molecule has 0 heterocycles. The lowest BCUT2D eigenvalue weighted by Crippen LogP contribution is -2.11. The van der Waals surface area contributed by atoms with Crippen molar-refractivity contribution in [2.75, 3.05) is 13.2 Å². The van der Waals surface area contributed by atoms with Gasteiger partial charge in [-0.1, -0.05) is 12.1 Å². The van der Waals surface area contributed by atoms with Crippen molar-refractivity contribution in [1.82, 2.24) is 0 Å². The molecule has 0 radical (unpaired) electrons. The standard InChI is InChI=1S/C19H20BrNO4/c1-4-24-17-9-14(8-15(20)19(17)25-11-18(22)23)10-21-16-7-5-6-12(2)13(16)3/h5-10H,4,11H2,1-3H3,(H,22,23). The number of carboxylic acid groups (broad SMARTS) is 1. The first kappa shape index (κ1) is 19.0. The van der Waals surface area contributed by atoms with Crippen molar-refractivity contribution >= 4 is 33.8 Å². The molecule has 0 unspecified atom stereocenters. The second-order valence-electron chi connectivity index (χ2n) is 5.42. The molecule has 1 N–H and O–H groups in total.